The molecule has 1 heterocycles. The first kappa shape index (κ1) is 25.0. The maximum absolute atomic E-state index is 13.3. The van der Waals surface area contributed by atoms with Crippen molar-refractivity contribution in [2.45, 2.75) is 6.61 Å². The Kier molecular flexibility index (Phi) is 7.59. The van der Waals surface area contributed by atoms with Crippen molar-refractivity contribution < 1.29 is 23.9 Å². The van der Waals surface area contributed by atoms with Crippen LogP contribution in [0.25, 0.3) is 6.08 Å². The maximum atomic E-state index is 13.3. The van der Waals surface area contributed by atoms with Gasteiger partial charge in [0, 0.05) is 20.6 Å². The van der Waals surface area contributed by atoms with E-state index >= 15 is 0 Å². The summed E-state index contributed by atoms with van der Waals surface area (Å²) in [5, 5.41) is 2.77. The number of halogens is 3. The van der Waals surface area contributed by atoms with Crippen molar-refractivity contribution >= 4 is 73.1 Å². The van der Waals surface area contributed by atoms with Gasteiger partial charge in [0.1, 0.15) is 23.7 Å². The van der Waals surface area contributed by atoms with E-state index in [-0.39, 0.29) is 17.9 Å². The van der Waals surface area contributed by atoms with E-state index in [1.165, 1.54) is 13.2 Å². The predicted octanol–water partition coefficient (Wildman–Crippen LogP) is 6.12. The Bertz CT molecular complexity index is 1360. The standard InChI is InChI=1S/C25H17Br2ClN2O5/c1-34-18-8-6-17(7-9-18)30-24(32)19(23(31)29-25(30)33)11-15-10-16(26)12-20(27)22(15)35-13-14-4-2-3-5-21(14)28/h2-12H,13H2,1H3,(H,29,31,33)/b19-11+. The molecule has 1 aliphatic rings. The highest BCUT2D eigenvalue weighted by atomic mass is 79.9. The molecule has 3 aromatic rings. The number of hydrogen-bond acceptors (Lipinski definition) is 5. The molecule has 0 aromatic heterocycles. The molecule has 7 nitrogen and oxygen atoms in total. The van der Waals surface area contributed by atoms with Gasteiger partial charge in [0.15, 0.2) is 0 Å². The summed E-state index contributed by atoms with van der Waals surface area (Å²) in [5.74, 6) is -0.617. The van der Waals surface area contributed by atoms with E-state index in [9.17, 15) is 14.4 Å². The minimum absolute atomic E-state index is 0.159. The second-order valence-corrected chi connectivity index (χ2v) is 9.52. The van der Waals surface area contributed by atoms with Crippen LogP contribution in [0.4, 0.5) is 10.5 Å². The van der Waals surface area contributed by atoms with E-state index in [1.807, 2.05) is 18.2 Å². The van der Waals surface area contributed by atoms with Crippen molar-refractivity contribution in [2.24, 2.45) is 0 Å². The second kappa shape index (κ2) is 10.6. The molecule has 1 saturated heterocycles. The largest absolute Gasteiger partial charge is 0.497 e. The Labute approximate surface area is 222 Å². The summed E-state index contributed by atoms with van der Waals surface area (Å²) in [6.45, 7) is 0.159. The van der Waals surface area contributed by atoms with Crippen LogP contribution >= 0.6 is 43.5 Å². The molecule has 0 atom stereocenters. The van der Waals surface area contributed by atoms with Crippen LogP contribution in [0.1, 0.15) is 11.1 Å². The lowest BCUT2D eigenvalue weighted by Crippen LogP contribution is -2.54. The van der Waals surface area contributed by atoms with Crippen molar-refractivity contribution in [3.63, 3.8) is 0 Å². The van der Waals surface area contributed by atoms with E-state index in [0.717, 1.165) is 10.5 Å². The molecular formula is C25H17Br2ClN2O5. The first-order valence-corrected chi connectivity index (χ1v) is 12.2. The number of nitrogens with one attached hydrogen (secondary N) is 1. The highest BCUT2D eigenvalue weighted by Crippen LogP contribution is 2.36. The zero-order valence-electron chi connectivity index (χ0n) is 18.2. The number of urea groups is 1. The van der Waals surface area contributed by atoms with Gasteiger partial charge in [-0.2, -0.15) is 0 Å². The average Bonchev–Trinajstić information content (AvgIpc) is 2.82. The van der Waals surface area contributed by atoms with Crippen LogP contribution in [0.2, 0.25) is 5.02 Å². The molecule has 0 saturated carbocycles. The van der Waals surface area contributed by atoms with Crippen LogP contribution in [0.5, 0.6) is 11.5 Å². The Morgan fingerprint density at radius 2 is 1.74 bits per heavy atom. The van der Waals surface area contributed by atoms with Crippen molar-refractivity contribution in [1.82, 2.24) is 5.32 Å². The molecule has 0 unspecified atom stereocenters. The van der Waals surface area contributed by atoms with Gasteiger partial charge in [-0.05, 0) is 64.5 Å². The molecular weight excluding hydrogens is 604 g/mol. The van der Waals surface area contributed by atoms with Gasteiger partial charge in [-0.1, -0.05) is 45.7 Å². The van der Waals surface area contributed by atoms with E-state index in [4.69, 9.17) is 21.1 Å². The smallest absolute Gasteiger partial charge is 0.335 e. The molecule has 0 bridgehead atoms. The summed E-state index contributed by atoms with van der Waals surface area (Å²) in [4.78, 5) is 39.3. The quantitative estimate of drug-likeness (QED) is 0.265. The number of nitrogens with zero attached hydrogens (tertiary/aromatic N) is 1. The van der Waals surface area contributed by atoms with Crippen LogP contribution in [0.15, 0.2) is 75.2 Å². The van der Waals surface area contributed by atoms with Gasteiger partial charge in [0.05, 0.1) is 17.3 Å². The summed E-state index contributed by atoms with van der Waals surface area (Å²) in [6, 6.07) is 16.2. The fourth-order valence-electron chi connectivity index (χ4n) is 3.38. The Morgan fingerprint density at radius 1 is 1.03 bits per heavy atom. The van der Waals surface area contributed by atoms with E-state index in [2.05, 4.69) is 37.2 Å². The number of carbonyl (C=O) groups is 3. The minimum atomic E-state index is -0.840. The zero-order chi connectivity index (χ0) is 25.1. The lowest BCUT2D eigenvalue weighted by molar-refractivity contribution is -0.122. The number of ether oxygens (including phenoxy) is 2. The molecule has 1 N–H and O–H groups in total. The van der Waals surface area contributed by atoms with Crippen molar-refractivity contribution in [2.75, 3.05) is 12.0 Å². The number of benzene rings is 3. The first-order valence-electron chi connectivity index (χ1n) is 10.2. The second-order valence-electron chi connectivity index (χ2n) is 7.34. The van der Waals surface area contributed by atoms with Crippen LogP contribution < -0.4 is 19.7 Å². The normalized spacial score (nSPS) is 14.8. The van der Waals surface area contributed by atoms with Crippen LogP contribution in [-0.4, -0.2) is 25.0 Å². The molecule has 3 aromatic carbocycles. The third kappa shape index (κ3) is 5.42. The molecule has 0 radical (unpaired) electrons. The Balaban J connectivity index is 1.71. The summed E-state index contributed by atoms with van der Waals surface area (Å²) in [5.41, 5.74) is 1.27. The summed E-state index contributed by atoms with van der Waals surface area (Å²) in [6.07, 6.45) is 1.39. The third-order valence-corrected chi connectivity index (χ3v) is 6.51. The fourth-order valence-corrected chi connectivity index (χ4v) is 4.95. The zero-order valence-corrected chi connectivity index (χ0v) is 22.1. The lowest BCUT2D eigenvalue weighted by Gasteiger charge is -2.26. The number of methoxy groups -OCH3 is 1. The van der Waals surface area contributed by atoms with Gasteiger partial charge in [0.25, 0.3) is 11.8 Å². The van der Waals surface area contributed by atoms with Crippen LogP contribution in [0, 0.1) is 0 Å². The molecule has 4 rings (SSSR count). The number of rotatable bonds is 6. The predicted molar refractivity (Wildman–Crippen MR) is 140 cm³/mol. The molecule has 35 heavy (non-hydrogen) atoms. The van der Waals surface area contributed by atoms with E-state index in [1.54, 1.807) is 42.5 Å². The van der Waals surface area contributed by atoms with Gasteiger partial charge >= 0.3 is 6.03 Å². The van der Waals surface area contributed by atoms with E-state index < -0.39 is 17.8 Å². The Hall–Kier alpha value is -3.14. The number of anilines is 1. The number of imide groups is 2. The highest BCUT2D eigenvalue weighted by molar-refractivity contribution is 9.11. The van der Waals surface area contributed by atoms with Crippen LogP contribution in [0.3, 0.4) is 0 Å². The third-order valence-electron chi connectivity index (χ3n) is 5.10. The van der Waals surface area contributed by atoms with Gasteiger partial charge in [0.2, 0.25) is 0 Å². The van der Waals surface area contributed by atoms with Crippen LogP contribution in [-0.2, 0) is 16.2 Å². The molecule has 178 valence electrons. The topological polar surface area (TPSA) is 84.9 Å². The fraction of sp³-hybridized carbons (Fsp3) is 0.0800. The number of carbonyl (C=O) groups excluding carboxylic acids is 3. The van der Waals surface area contributed by atoms with Gasteiger partial charge in [-0.3, -0.25) is 14.9 Å². The molecule has 1 aliphatic heterocycles. The average molecular weight is 621 g/mol. The lowest BCUT2D eigenvalue weighted by atomic mass is 10.1. The summed E-state index contributed by atoms with van der Waals surface area (Å²) < 4.78 is 12.4. The van der Waals surface area contributed by atoms with Gasteiger partial charge in [-0.15, -0.1) is 0 Å². The monoisotopic (exact) mass is 618 g/mol. The first-order chi connectivity index (χ1) is 16.8. The molecule has 0 spiro atoms. The number of barbiturate groups is 1. The highest BCUT2D eigenvalue weighted by Gasteiger charge is 2.37. The van der Waals surface area contributed by atoms with Crippen molar-refractivity contribution in [1.29, 1.82) is 0 Å². The molecule has 10 heteroatoms. The number of hydrogen-bond donors (Lipinski definition) is 1. The summed E-state index contributed by atoms with van der Waals surface area (Å²) in [7, 11) is 1.51. The van der Waals surface area contributed by atoms with E-state index in [0.29, 0.717) is 31.0 Å². The molecule has 4 amide bonds. The molecule has 1 fully saturated rings. The summed E-state index contributed by atoms with van der Waals surface area (Å²) >= 11 is 13.1. The number of amides is 4. The van der Waals surface area contributed by atoms with Gasteiger partial charge in [-0.25, -0.2) is 9.69 Å². The Morgan fingerprint density at radius 3 is 2.43 bits per heavy atom. The van der Waals surface area contributed by atoms with Crippen molar-refractivity contribution in [3.05, 3.63) is 91.3 Å². The SMILES string of the molecule is COc1ccc(N2C(=O)NC(=O)/C(=C\c3cc(Br)cc(Br)c3OCc3ccccc3Cl)C2=O)cc1. The maximum Gasteiger partial charge on any atom is 0.335 e. The van der Waals surface area contributed by atoms with Crippen molar-refractivity contribution in [3.8, 4) is 11.5 Å². The minimum Gasteiger partial charge on any atom is -0.497 e. The van der Waals surface area contributed by atoms with Gasteiger partial charge < -0.3 is 9.47 Å². The molecule has 0 aliphatic carbocycles.